The van der Waals surface area contributed by atoms with Gasteiger partial charge in [0.05, 0.1) is 10.9 Å². The van der Waals surface area contributed by atoms with Crippen LogP contribution < -0.4 is 0 Å². The van der Waals surface area contributed by atoms with Crippen LogP contribution in [0.2, 0.25) is 0 Å². The summed E-state index contributed by atoms with van der Waals surface area (Å²) in [6.07, 6.45) is 0. The average Bonchev–Trinajstić information content (AvgIpc) is 2.57. The van der Waals surface area contributed by atoms with Gasteiger partial charge >= 0.3 is 10.2 Å². The van der Waals surface area contributed by atoms with E-state index in [2.05, 4.69) is 45.2 Å². The molecule has 9 heteroatoms. The summed E-state index contributed by atoms with van der Waals surface area (Å²) >= 11 is 4.33. The number of rotatable bonds is 4. The third kappa shape index (κ3) is 5.30. The lowest BCUT2D eigenvalue weighted by molar-refractivity contribution is 0.364. The molecule has 0 heterocycles. The lowest BCUT2D eigenvalue weighted by atomic mass is 10.4. The van der Waals surface area contributed by atoms with Gasteiger partial charge in [-0.2, -0.15) is 0 Å². The second-order valence-electron chi connectivity index (χ2n) is 5.65. The van der Waals surface area contributed by atoms with Gasteiger partial charge in [0, 0.05) is 7.14 Å². The summed E-state index contributed by atoms with van der Waals surface area (Å²) in [5.41, 5.74) is 0. The van der Waals surface area contributed by atoms with Crippen LogP contribution >= 0.6 is 55.4 Å². The van der Waals surface area contributed by atoms with Crippen molar-refractivity contribution < 1.29 is 19.4 Å². The Balaban J connectivity index is 2.11. The monoisotopic (exact) mass is 641 g/mol. The fourth-order valence-electron chi connectivity index (χ4n) is 2.38. The summed E-state index contributed by atoms with van der Waals surface area (Å²) in [5.74, 6) is 0. The Morgan fingerprint density at radius 2 is 0.815 bits per heavy atom. The van der Waals surface area contributed by atoms with Crippen LogP contribution in [0.1, 0.15) is 0 Å². The maximum Gasteiger partial charge on any atom is 0.310 e. The van der Waals surface area contributed by atoms with Gasteiger partial charge in [-0.15, -0.1) is 0 Å². The Morgan fingerprint density at radius 3 is 1.11 bits per heavy atom. The summed E-state index contributed by atoms with van der Waals surface area (Å²) in [4.78, 5) is 0.476. The SMILES string of the molecule is FS(F)(F)(F)(F)c1ccc([S+](c2ccc(I)cc2)c2ccc(I)cc2)cc1. The first-order valence-corrected chi connectivity index (χ1v) is 12.8. The molecule has 3 aromatic carbocycles. The predicted octanol–water partition coefficient (Wildman–Crippen LogP) is 8.65. The molecule has 0 bridgehead atoms. The van der Waals surface area contributed by atoms with Crippen LogP contribution in [-0.2, 0) is 10.9 Å². The number of hydrogen-bond donors (Lipinski definition) is 0. The van der Waals surface area contributed by atoms with Crippen LogP contribution in [0.5, 0.6) is 0 Å². The first-order chi connectivity index (χ1) is 12.3. The van der Waals surface area contributed by atoms with E-state index in [4.69, 9.17) is 0 Å². The zero-order valence-corrected chi connectivity index (χ0v) is 19.3. The van der Waals surface area contributed by atoms with E-state index in [0.717, 1.165) is 29.1 Å². The zero-order chi connectivity index (χ0) is 19.9. The Morgan fingerprint density at radius 1 is 0.519 bits per heavy atom. The van der Waals surface area contributed by atoms with Gasteiger partial charge < -0.3 is 0 Å². The smallest absolute Gasteiger partial charge is 0.0936 e. The standard InChI is InChI=1S/C18H12F5I2S2/c19-27(20,21,22,23)18-11-9-17(10-12-18)26(15-5-1-13(24)2-6-15)16-7-3-14(25)4-8-16/h1-12H/q+1. The molecule has 144 valence electrons. The van der Waals surface area contributed by atoms with Gasteiger partial charge in [0.2, 0.25) is 0 Å². The quantitative estimate of drug-likeness (QED) is 0.152. The van der Waals surface area contributed by atoms with Gasteiger partial charge in [-0.1, -0.05) is 19.4 Å². The van der Waals surface area contributed by atoms with Crippen LogP contribution in [0.3, 0.4) is 0 Å². The van der Waals surface area contributed by atoms with Crippen molar-refractivity contribution in [1.29, 1.82) is 0 Å². The van der Waals surface area contributed by atoms with E-state index in [1.807, 2.05) is 48.5 Å². The van der Waals surface area contributed by atoms with E-state index in [0.29, 0.717) is 17.0 Å². The zero-order valence-electron chi connectivity index (χ0n) is 13.4. The molecule has 0 unspecified atom stereocenters. The van der Waals surface area contributed by atoms with Crippen molar-refractivity contribution in [2.45, 2.75) is 19.6 Å². The third-order valence-corrected chi connectivity index (χ3v) is 8.44. The molecule has 0 N–H and O–H groups in total. The predicted molar refractivity (Wildman–Crippen MR) is 118 cm³/mol. The van der Waals surface area contributed by atoms with Gasteiger partial charge in [0.25, 0.3) is 0 Å². The topological polar surface area (TPSA) is 0 Å². The largest absolute Gasteiger partial charge is 0.310 e. The first kappa shape index (κ1) is 21.2. The molecule has 0 fully saturated rings. The van der Waals surface area contributed by atoms with Crippen LogP contribution in [0.25, 0.3) is 0 Å². The van der Waals surface area contributed by atoms with Crippen molar-refractivity contribution in [2.75, 3.05) is 0 Å². The summed E-state index contributed by atoms with van der Waals surface area (Å²) in [5, 5.41) is 0. The maximum atomic E-state index is 13.0. The Bertz CT molecular complexity index is 909. The van der Waals surface area contributed by atoms with Crippen LogP contribution in [0.4, 0.5) is 19.4 Å². The molecule has 0 radical (unpaired) electrons. The van der Waals surface area contributed by atoms with E-state index >= 15 is 0 Å². The highest BCUT2D eigenvalue weighted by molar-refractivity contribution is 14.1. The summed E-state index contributed by atoms with van der Waals surface area (Å²) in [7, 11) is -10.4. The molecule has 3 aromatic rings. The van der Waals surface area contributed by atoms with Crippen molar-refractivity contribution in [3.8, 4) is 0 Å². The molecular weight excluding hydrogens is 629 g/mol. The molecule has 3 rings (SSSR count). The fraction of sp³-hybridized carbons (Fsp3) is 0. The van der Waals surface area contributed by atoms with Gasteiger partial charge in [0.15, 0.2) is 14.7 Å². The van der Waals surface area contributed by atoms with Crippen molar-refractivity contribution in [3.63, 3.8) is 0 Å². The lowest BCUT2D eigenvalue weighted by Crippen LogP contribution is -2.08. The van der Waals surface area contributed by atoms with Crippen molar-refractivity contribution in [3.05, 3.63) is 79.9 Å². The second-order valence-corrected chi connectivity index (χ2v) is 12.6. The van der Waals surface area contributed by atoms with Gasteiger partial charge in [-0.25, -0.2) is 0 Å². The highest BCUT2D eigenvalue weighted by Crippen LogP contribution is 3.02. The average molecular weight is 641 g/mol. The fourth-order valence-corrected chi connectivity index (χ4v) is 5.79. The maximum absolute atomic E-state index is 13.0. The summed E-state index contributed by atoms with van der Waals surface area (Å²) in [6.45, 7) is 0. The summed E-state index contributed by atoms with van der Waals surface area (Å²) < 4.78 is 67.1. The molecular formula is C18H12F5I2S2+. The molecule has 0 amide bonds. The summed E-state index contributed by atoms with van der Waals surface area (Å²) in [6, 6.07) is 18.5. The Hall–Kier alpha value is -0.530. The molecule has 0 saturated carbocycles. The minimum Gasteiger partial charge on any atom is -0.0936 e. The number of hydrogen-bond acceptors (Lipinski definition) is 0. The number of benzene rings is 3. The van der Waals surface area contributed by atoms with Crippen LogP contribution in [0.15, 0.2) is 92.4 Å². The van der Waals surface area contributed by atoms with E-state index < -0.39 is 26.0 Å². The minimum absolute atomic E-state index is 0.482. The van der Waals surface area contributed by atoms with E-state index in [1.54, 1.807) is 0 Å². The first-order valence-electron chi connectivity index (χ1n) is 7.43. The molecule has 0 nitrogen and oxygen atoms in total. The lowest BCUT2D eigenvalue weighted by Gasteiger charge is -2.40. The van der Waals surface area contributed by atoms with E-state index in [-0.39, 0.29) is 0 Å². The Kier molecular flexibility index (Phi) is 5.31. The second kappa shape index (κ2) is 6.77. The molecule has 0 atom stereocenters. The van der Waals surface area contributed by atoms with Gasteiger partial charge in [0.1, 0.15) is 4.90 Å². The highest BCUT2D eigenvalue weighted by atomic mass is 127. The molecule has 27 heavy (non-hydrogen) atoms. The van der Waals surface area contributed by atoms with Crippen molar-refractivity contribution in [1.82, 2.24) is 0 Å². The van der Waals surface area contributed by atoms with Crippen LogP contribution in [0, 0.1) is 7.14 Å². The third-order valence-electron chi connectivity index (χ3n) is 3.60. The van der Waals surface area contributed by atoms with Crippen LogP contribution in [-0.4, -0.2) is 0 Å². The Labute approximate surface area is 183 Å². The van der Waals surface area contributed by atoms with E-state index in [9.17, 15) is 19.4 Å². The molecule has 0 spiro atoms. The van der Waals surface area contributed by atoms with Crippen molar-refractivity contribution in [2.24, 2.45) is 0 Å². The van der Waals surface area contributed by atoms with Crippen molar-refractivity contribution >= 4 is 66.3 Å². The highest BCUT2D eigenvalue weighted by Gasteiger charge is 2.65. The van der Waals surface area contributed by atoms with Gasteiger partial charge in [-0.05, 0) is 118 Å². The molecule has 0 aromatic heterocycles. The van der Waals surface area contributed by atoms with E-state index in [1.165, 1.54) is 0 Å². The minimum atomic E-state index is -9.67. The normalized spacial score (nSPS) is 14.7. The molecule has 0 aliphatic carbocycles. The number of halogens is 7. The molecule has 0 aliphatic heterocycles. The van der Waals surface area contributed by atoms with Gasteiger partial charge in [-0.3, -0.25) is 0 Å². The molecule has 0 aliphatic rings. The molecule has 0 saturated heterocycles.